The van der Waals surface area contributed by atoms with Crippen LogP contribution in [0.4, 0.5) is 0 Å². The maximum absolute atomic E-state index is 12.4. The van der Waals surface area contributed by atoms with E-state index in [0.717, 1.165) is 17.8 Å². The highest BCUT2D eigenvalue weighted by Crippen LogP contribution is 2.61. The second-order valence-corrected chi connectivity index (χ2v) is 11.2. The summed E-state index contributed by atoms with van der Waals surface area (Å²) in [6, 6.07) is 3.30. The van der Waals surface area contributed by atoms with Crippen molar-refractivity contribution in [2.45, 2.75) is 49.2 Å². The minimum Gasteiger partial charge on any atom is -0.355 e. The molecule has 0 radical (unpaired) electrons. The third kappa shape index (κ3) is 3.78. The van der Waals surface area contributed by atoms with E-state index in [2.05, 4.69) is 10.0 Å². The van der Waals surface area contributed by atoms with Gasteiger partial charge in [0.2, 0.25) is 15.9 Å². The number of carbonyl (C=O) groups excluding carboxylic acids is 1. The van der Waals surface area contributed by atoms with Crippen molar-refractivity contribution in [1.29, 1.82) is 0 Å². The summed E-state index contributed by atoms with van der Waals surface area (Å²) in [5.74, 6) is 2.61. The predicted molar refractivity (Wildman–Crippen MR) is 97.7 cm³/mol. The van der Waals surface area contributed by atoms with Gasteiger partial charge in [-0.2, -0.15) is 0 Å². The number of hydrogen-bond donors (Lipinski definition) is 2. The molecule has 4 aliphatic carbocycles. The molecule has 25 heavy (non-hydrogen) atoms. The molecular weight excluding hydrogens is 356 g/mol. The molecule has 1 heterocycles. The zero-order valence-corrected chi connectivity index (χ0v) is 16.0. The number of nitrogens with one attached hydrogen (secondary N) is 2. The fourth-order valence-electron chi connectivity index (χ4n) is 5.78. The maximum atomic E-state index is 12.4. The van der Waals surface area contributed by atoms with Gasteiger partial charge in [0.05, 0.1) is 0 Å². The van der Waals surface area contributed by atoms with Crippen LogP contribution in [0, 0.1) is 23.2 Å². The second-order valence-electron chi connectivity index (χ2n) is 8.27. The van der Waals surface area contributed by atoms with E-state index in [1.165, 1.54) is 49.9 Å². The van der Waals surface area contributed by atoms with Crippen LogP contribution < -0.4 is 10.0 Å². The second kappa shape index (κ2) is 6.67. The smallest absolute Gasteiger partial charge is 0.250 e. The topological polar surface area (TPSA) is 75.3 Å². The zero-order valence-electron chi connectivity index (χ0n) is 14.4. The predicted octanol–water partition coefficient (Wildman–Crippen LogP) is 2.75. The first-order valence-corrected chi connectivity index (χ1v) is 11.6. The fourth-order valence-corrected chi connectivity index (χ4v) is 7.85. The van der Waals surface area contributed by atoms with Gasteiger partial charge in [0.25, 0.3) is 0 Å². The Labute approximate surface area is 153 Å². The van der Waals surface area contributed by atoms with Crippen molar-refractivity contribution in [3.8, 4) is 0 Å². The Hall–Kier alpha value is -0.920. The van der Waals surface area contributed by atoms with Gasteiger partial charge in [0, 0.05) is 19.5 Å². The van der Waals surface area contributed by atoms with E-state index in [1.807, 2.05) is 0 Å². The fraction of sp³-hybridized carbons (Fsp3) is 0.722. The van der Waals surface area contributed by atoms with Gasteiger partial charge in [-0.05, 0) is 73.1 Å². The quantitative estimate of drug-likeness (QED) is 0.712. The van der Waals surface area contributed by atoms with Crippen LogP contribution in [-0.4, -0.2) is 27.4 Å². The molecule has 4 bridgehead atoms. The van der Waals surface area contributed by atoms with Crippen LogP contribution in [0.5, 0.6) is 0 Å². The molecule has 0 unspecified atom stereocenters. The lowest BCUT2D eigenvalue weighted by Crippen LogP contribution is -2.48. The molecule has 4 saturated carbocycles. The van der Waals surface area contributed by atoms with Crippen LogP contribution in [-0.2, 0) is 14.8 Å². The van der Waals surface area contributed by atoms with Gasteiger partial charge >= 0.3 is 0 Å². The van der Waals surface area contributed by atoms with E-state index in [0.29, 0.717) is 17.2 Å². The molecule has 2 N–H and O–H groups in total. The minimum absolute atomic E-state index is 0.0808. The molecule has 0 spiro atoms. The third-order valence-electron chi connectivity index (χ3n) is 6.20. The molecule has 4 fully saturated rings. The molecule has 0 saturated heterocycles. The number of amides is 1. The Kier molecular flexibility index (Phi) is 4.67. The summed E-state index contributed by atoms with van der Waals surface area (Å²) in [6.07, 6.45) is 8.42. The molecular formula is C18H26N2O3S2. The number of thiophene rings is 1. The maximum Gasteiger partial charge on any atom is 0.250 e. The van der Waals surface area contributed by atoms with Gasteiger partial charge in [-0.25, -0.2) is 13.1 Å². The molecule has 0 atom stereocenters. The minimum atomic E-state index is -3.44. The standard InChI is InChI=1S/C18H26N2O3S2/c21-16(19-3-4-20-25(22,23)17-2-1-5-24-17)12-18-9-13-6-14(10-18)8-15(7-13)11-18/h1-2,5,13-15,20H,3-4,6-12H2,(H,19,21). The molecule has 0 aromatic carbocycles. The van der Waals surface area contributed by atoms with Crippen molar-refractivity contribution in [2.75, 3.05) is 13.1 Å². The molecule has 5 nitrogen and oxygen atoms in total. The first-order chi connectivity index (χ1) is 11.9. The number of hydrogen-bond acceptors (Lipinski definition) is 4. The van der Waals surface area contributed by atoms with Gasteiger partial charge in [0.1, 0.15) is 4.21 Å². The van der Waals surface area contributed by atoms with Crippen molar-refractivity contribution in [3.05, 3.63) is 17.5 Å². The zero-order chi connectivity index (χ0) is 17.5. The highest BCUT2D eigenvalue weighted by atomic mass is 32.2. The van der Waals surface area contributed by atoms with Crippen LogP contribution in [0.2, 0.25) is 0 Å². The summed E-state index contributed by atoms with van der Waals surface area (Å²) in [7, 11) is -3.44. The monoisotopic (exact) mass is 382 g/mol. The summed E-state index contributed by atoms with van der Waals surface area (Å²) in [5.41, 5.74) is 0.231. The molecule has 1 aromatic rings. The van der Waals surface area contributed by atoms with E-state index >= 15 is 0 Å². The van der Waals surface area contributed by atoms with Gasteiger partial charge in [0.15, 0.2) is 0 Å². The average molecular weight is 383 g/mol. The Morgan fingerprint density at radius 1 is 1.12 bits per heavy atom. The summed E-state index contributed by atoms with van der Waals surface area (Å²) in [4.78, 5) is 12.4. The van der Waals surface area contributed by atoms with Crippen molar-refractivity contribution >= 4 is 27.3 Å². The summed E-state index contributed by atoms with van der Waals surface area (Å²) >= 11 is 1.19. The molecule has 1 amide bonds. The number of rotatable bonds is 7. The highest BCUT2D eigenvalue weighted by Gasteiger charge is 2.51. The number of carbonyl (C=O) groups is 1. The lowest BCUT2D eigenvalue weighted by Gasteiger charge is -2.56. The van der Waals surface area contributed by atoms with Crippen LogP contribution >= 0.6 is 11.3 Å². The Morgan fingerprint density at radius 2 is 1.76 bits per heavy atom. The van der Waals surface area contributed by atoms with E-state index in [1.54, 1.807) is 17.5 Å². The van der Waals surface area contributed by atoms with Gasteiger partial charge < -0.3 is 5.32 Å². The molecule has 1 aromatic heterocycles. The van der Waals surface area contributed by atoms with E-state index in [-0.39, 0.29) is 17.9 Å². The van der Waals surface area contributed by atoms with Crippen LogP contribution in [0.1, 0.15) is 44.9 Å². The molecule has 5 rings (SSSR count). The molecule has 7 heteroatoms. The van der Waals surface area contributed by atoms with Crippen LogP contribution in [0.15, 0.2) is 21.7 Å². The summed E-state index contributed by atoms with van der Waals surface area (Å²) in [6.45, 7) is 0.572. The number of sulfonamides is 1. The SMILES string of the molecule is O=C(CC12CC3CC(CC(C3)C1)C2)NCCNS(=O)(=O)c1cccs1. The first-order valence-electron chi connectivity index (χ1n) is 9.24. The van der Waals surface area contributed by atoms with E-state index in [9.17, 15) is 13.2 Å². The summed E-state index contributed by atoms with van der Waals surface area (Å²) < 4.78 is 26.9. The normalized spacial score (nSPS) is 33.5. The largest absolute Gasteiger partial charge is 0.355 e. The Morgan fingerprint density at radius 3 is 2.32 bits per heavy atom. The van der Waals surface area contributed by atoms with Crippen molar-refractivity contribution in [3.63, 3.8) is 0 Å². The van der Waals surface area contributed by atoms with Gasteiger partial charge in [-0.1, -0.05) is 6.07 Å². The van der Waals surface area contributed by atoms with E-state index in [4.69, 9.17) is 0 Å². The van der Waals surface area contributed by atoms with Crippen molar-refractivity contribution in [1.82, 2.24) is 10.0 Å². The van der Waals surface area contributed by atoms with Gasteiger partial charge in [-0.3, -0.25) is 4.79 Å². The van der Waals surface area contributed by atoms with Crippen molar-refractivity contribution in [2.24, 2.45) is 23.2 Å². The first kappa shape index (κ1) is 17.5. The van der Waals surface area contributed by atoms with Crippen LogP contribution in [0.25, 0.3) is 0 Å². The average Bonchev–Trinajstić information content (AvgIpc) is 3.05. The van der Waals surface area contributed by atoms with Crippen LogP contribution in [0.3, 0.4) is 0 Å². The van der Waals surface area contributed by atoms with E-state index < -0.39 is 10.0 Å². The summed E-state index contributed by atoms with van der Waals surface area (Å²) in [5, 5.41) is 4.65. The lowest BCUT2D eigenvalue weighted by atomic mass is 9.49. The lowest BCUT2D eigenvalue weighted by molar-refractivity contribution is -0.129. The molecule has 0 aliphatic heterocycles. The molecule has 4 aliphatic rings. The Bertz CT molecular complexity index is 692. The van der Waals surface area contributed by atoms with Gasteiger partial charge in [-0.15, -0.1) is 11.3 Å². The molecule has 138 valence electrons. The third-order valence-corrected chi connectivity index (χ3v) is 9.06. The Balaban J connectivity index is 1.24. The van der Waals surface area contributed by atoms with Crippen molar-refractivity contribution < 1.29 is 13.2 Å². The highest BCUT2D eigenvalue weighted by molar-refractivity contribution is 7.91.